The molecule has 7 heteroatoms. The summed E-state index contributed by atoms with van der Waals surface area (Å²) in [6, 6.07) is 22.8. The predicted molar refractivity (Wildman–Crippen MR) is 120 cm³/mol. The first kappa shape index (κ1) is 20.4. The lowest BCUT2D eigenvalue weighted by Gasteiger charge is -2.13. The van der Waals surface area contributed by atoms with Crippen molar-refractivity contribution in [2.45, 2.75) is 5.16 Å². The average molecular weight is 427 g/mol. The van der Waals surface area contributed by atoms with E-state index in [1.165, 1.54) is 16.3 Å². The predicted octanol–water partition coefficient (Wildman–Crippen LogP) is 4.24. The smallest absolute Gasteiger partial charge is 0.266 e. The molecule has 152 valence electrons. The molecule has 0 saturated heterocycles. The highest BCUT2D eigenvalue weighted by molar-refractivity contribution is 7.99. The average Bonchev–Trinajstić information content (AvgIpc) is 2.83. The van der Waals surface area contributed by atoms with Crippen LogP contribution in [-0.4, -0.2) is 28.2 Å². The van der Waals surface area contributed by atoms with Gasteiger partial charge in [0.25, 0.3) is 5.56 Å². The molecule has 1 aromatic heterocycles. The number of thioether (sulfide) groups is 1. The summed E-state index contributed by atoms with van der Waals surface area (Å²) in [7, 11) is 1.57. The molecule has 0 amide bonds. The molecular formula is C24H17N3O3S. The molecule has 0 aliphatic carbocycles. The molecule has 6 nitrogen and oxygen atoms in total. The van der Waals surface area contributed by atoms with Crippen molar-refractivity contribution in [2.75, 3.05) is 12.9 Å². The third-order valence-corrected chi connectivity index (χ3v) is 5.68. The van der Waals surface area contributed by atoms with Crippen LogP contribution in [0, 0.1) is 11.3 Å². The fraction of sp³-hybridized carbons (Fsp3) is 0.0833. The van der Waals surface area contributed by atoms with E-state index in [0.717, 1.165) is 0 Å². The topological polar surface area (TPSA) is 85.0 Å². The Morgan fingerprint density at radius 1 is 1.06 bits per heavy atom. The Morgan fingerprint density at radius 3 is 2.45 bits per heavy atom. The summed E-state index contributed by atoms with van der Waals surface area (Å²) in [5.41, 5.74) is 1.98. The maximum Gasteiger partial charge on any atom is 0.266 e. The fourth-order valence-corrected chi connectivity index (χ4v) is 4.02. The van der Waals surface area contributed by atoms with Gasteiger partial charge in [-0.25, -0.2) is 4.98 Å². The Morgan fingerprint density at radius 2 is 1.77 bits per heavy atom. The number of fused-ring (bicyclic) bond motifs is 1. The minimum atomic E-state index is -0.227. The Labute approximate surface area is 182 Å². The van der Waals surface area contributed by atoms with E-state index in [9.17, 15) is 9.59 Å². The number of hydrogen-bond acceptors (Lipinski definition) is 6. The van der Waals surface area contributed by atoms with E-state index < -0.39 is 0 Å². The molecule has 0 saturated carbocycles. The number of ether oxygens (including phenoxy) is 1. The number of ketones is 1. The molecule has 0 unspecified atom stereocenters. The largest absolute Gasteiger partial charge is 0.497 e. The summed E-state index contributed by atoms with van der Waals surface area (Å²) in [6.45, 7) is 0. The molecule has 4 aromatic rings. The first-order valence-electron chi connectivity index (χ1n) is 9.43. The number of Topliss-reactive ketones (excluding diaryl/α,β-unsaturated/α-hetero) is 1. The second kappa shape index (κ2) is 8.86. The molecule has 0 atom stereocenters. The lowest BCUT2D eigenvalue weighted by molar-refractivity contribution is 0.102. The van der Waals surface area contributed by atoms with Crippen LogP contribution in [0.5, 0.6) is 5.75 Å². The van der Waals surface area contributed by atoms with Gasteiger partial charge in [0, 0.05) is 5.56 Å². The van der Waals surface area contributed by atoms with Crippen LogP contribution in [0.25, 0.3) is 16.6 Å². The first-order valence-corrected chi connectivity index (χ1v) is 10.4. The van der Waals surface area contributed by atoms with E-state index in [2.05, 4.69) is 11.1 Å². The normalized spacial score (nSPS) is 10.6. The van der Waals surface area contributed by atoms with E-state index in [0.29, 0.717) is 38.6 Å². The van der Waals surface area contributed by atoms with Crippen molar-refractivity contribution in [3.05, 3.63) is 94.3 Å². The zero-order valence-corrected chi connectivity index (χ0v) is 17.4. The number of aromatic nitrogens is 2. The number of benzene rings is 3. The molecule has 0 fully saturated rings. The first-order chi connectivity index (χ1) is 15.1. The number of nitrogens with zero attached hydrogens (tertiary/aromatic N) is 3. The molecule has 4 rings (SSSR count). The number of rotatable bonds is 6. The van der Waals surface area contributed by atoms with Crippen LogP contribution in [0.4, 0.5) is 0 Å². The van der Waals surface area contributed by atoms with E-state index in [4.69, 9.17) is 10.00 Å². The van der Waals surface area contributed by atoms with Crippen LogP contribution >= 0.6 is 11.8 Å². The third-order valence-electron chi connectivity index (χ3n) is 4.74. The van der Waals surface area contributed by atoms with Gasteiger partial charge in [0.1, 0.15) is 5.75 Å². The number of para-hydroxylation sites is 1. The van der Waals surface area contributed by atoms with Gasteiger partial charge in [-0.05, 0) is 60.7 Å². The van der Waals surface area contributed by atoms with Crippen LogP contribution in [-0.2, 0) is 0 Å². The molecule has 0 N–H and O–H groups in total. The monoisotopic (exact) mass is 427 g/mol. The van der Waals surface area contributed by atoms with Gasteiger partial charge in [-0.3, -0.25) is 14.2 Å². The molecular weight excluding hydrogens is 410 g/mol. The van der Waals surface area contributed by atoms with Crippen molar-refractivity contribution in [2.24, 2.45) is 0 Å². The molecule has 31 heavy (non-hydrogen) atoms. The van der Waals surface area contributed by atoms with E-state index in [-0.39, 0.29) is 17.1 Å². The number of methoxy groups -OCH3 is 1. The quantitative estimate of drug-likeness (QED) is 0.260. The zero-order valence-electron chi connectivity index (χ0n) is 16.6. The van der Waals surface area contributed by atoms with Gasteiger partial charge in [-0.2, -0.15) is 5.26 Å². The number of nitriles is 1. The lowest BCUT2D eigenvalue weighted by atomic mass is 10.1. The van der Waals surface area contributed by atoms with Crippen molar-refractivity contribution >= 4 is 28.4 Å². The Balaban J connectivity index is 1.72. The highest BCUT2D eigenvalue weighted by Gasteiger charge is 2.15. The summed E-state index contributed by atoms with van der Waals surface area (Å²) in [5.74, 6) is 0.712. The maximum absolute atomic E-state index is 13.2. The van der Waals surface area contributed by atoms with Gasteiger partial charge in [-0.1, -0.05) is 23.9 Å². The number of carbonyl (C=O) groups excluding carboxylic acids is 1. The number of hydrogen-bond donors (Lipinski definition) is 0. The fourth-order valence-electron chi connectivity index (χ4n) is 3.11. The van der Waals surface area contributed by atoms with Gasteiger partial charge in [-0.15, -0.1) is 0 Å². The second-order valence-electron chi connectivity index (χ2n) is 6.65. The molecule has 0 spiro atoms. The van der Waals surface area contributed by atoms with Gasteiger partial charge in [0.2, 0.25) is 0 Å². The Kier molecular flexibility index (Phi) is 5.83. The van der Waals surface area contributed by atoms with Crippen LogP contribution in [0.3, 0.4) is 0 Å². The van der Waals surface area contributed by atoms with Crippen LogP contribution in [0.1, 0.15) is 15.9 Å². The number of carbonyl (C=O) groups is 1. The summed E-state index contributed by atoms with van der Waals surface area (Å²) in [6.07, 6.45) is 0. The Bertz CT molecular complexity index is 1350. The molecule has 0 bridgehead atoms. The summed E-state index contributed by atoms with van der Waals surface area (Å²) >= 11 is 1.20. The van der Waals surface area contributed by atoms with Gasteiger partial charge >= 0.3 is 0 Å². The van der Waals surface area contributed by atoms with Gasteiger partial charge in [0.15, 0.2) is 10.9 Å². The summed E-state index contributed by atoms with van der Waals surface area (Å²) < 4.78 is 6.61. The van der Waals surface area contributed by atoms with Crippen LogP contribution in [0.15, 0.2) is 82.7 Å². The molecule has 0 radical (unpaired) electrons. The standard InChI is InChI=1S/C24H17N3O3S/c1-30-19-12-8-17(9-13-19)22(28)15-31-24-26-21-5-3-2-4-20(21)23(29)27(24)18-10-6-16(14-25)7-11-18/h2-13H,15H2,1H3. The Hall–Kier alpha value is -3.89. The van der Waals surface area contributed by atoms with Crippen molar-refractivity contribution in [3.63, 3.8) is 0 Å². The van der Waals surface area contributed by atoms with Crippen LogP contribution < -0.4 is 10.3 Å². The maximum atomic E-state index is 13.2. The van der Waals surface area contributed by atoms with Crippen molar-refractivity contribution < 1.29 is 9.53 Å². The molecule has 1 heterocycles. The van der Waals surface area contributed by atoms with E-state index in [1.54, 1.807) is 73.8 Å². The van der Waals surface area contributed by atoms with Crippen molar-refractivity contribution in [1.82, 2.24) is 9.55 Å². The summed E-state index contributed by atoms with van der Waals surface area (Å²) in [5, 5.41) is 9.95. The van der Waals surface area contributed by atoms with Crippen molar-refractivity contribution in [1.29, 1.82) is 5.26 Å². The lowest BCUT2D eigenvalue weighted by Crippen LogP contribution is -2.22. The van der Waals surface area contributed by atoms with Crippen molar-refractivity contribution in [3.8, 4) is 17.5 Å². The minimum Gasteiger partial charge on any atom is -0.497 e. The highest BCUT2D eigenvalue weighted by atomic mass is 32.2. The van der Waals surface area contributed by atoms with Gasteiger partial charge in [0.05, 0.1) is 41.1 Å². The highest BCUT2D eigenvalue weighted by Crippen LogP contribution is 2.23. The molecule has 3 aromatic carbocycles. The third kappa shape index (κ3) is 4.20. The zero-order chi connectivity index (χ0) is 21.8. The van der Waals surface area contributed by atoms with Gasteiger partial charge < -0.3 is 4.74 Å². The van der Waals surface area contributed by atoms with E-state index >= 15 is 0 Å². The SMILES string of the molecule is COc1ccc(C(=O)CSc2nc3ccccc3c(=O)n2-c2ccc(C#N)cc2)cc1. The van der Waals surface area contributed by atoms with Crippen LogP contribution in [0.2, 0.25) is 0 Å². The molecule has 0 aliphatic heterocycles. The molecule has 0 aliphatic rings. The second-order valence-corrected chi connectivity index (χ2v) is 7.59. The summed E-state index contributed by atoms with van der Waals surface area (Å²) in [4.78, 5) is 30.6. The minimum absolute atomic E-state index is 0.0820. The van der Waals surface area contributed by atoms with E-state index in [1.807, 2.05) is 6.07 Å².